The Bertz CT molecular complexity index is 525. The smallest absolute Gasteiger partial charge is 0.139 e. The monoisotopic (exact) mass is 206 g/mol. The quantitative estimate of drug-likeness (QED) is 0.754. The van der Waals surface area contributed by atoms with E-state index in [1.54, 1.807) is 12.3 Å². The van der Waals surface area contributed by atoms with E-state index >= 15 is 0 Å². The Labute approximate surface area is 85.5 Å². The Balaban J connectivity index is 2.78. The highest BCUT2D eigenvalue weighted by atomic mass is 35.5. The average Bonchev–Trinajstić information content (AvgIpc) is 2.58. The topological polar surface area (TPSA) is 59.8 Å². The predicted octanol–water partition coefficient (Wildman–Crippen LogP) is 2.59. The van der Waals surface area contributed by atoms with E-state index in [4.69, 9.17) is 16.9 Å². The summed E-state index contributed by atoms with van der Waals surface area (Å²) < 4.78 is 0. The van der Waals surface area contributed by atoms with Gasteiger partial charge in [0.2, 0.25) is 0 Å². The minimum Gasteiger partial charge on any atom is -0.506 e. The zero-order valence-corrected chi connectivity index (χ0v) is 7.97. The normalized spacial score (nSPS) is 10.3. The molecule has 2 rings (SSSR count). The molecule has 0 saturated carbocycles. The minimum atomic E-state index is 0.147. The number of aromatic nitrogens is 1. The first kappa shape index (κ1) is 8.92. The number of fused-ring (bicyclic) bond motifs is 1. The van der Waals surface area contributed by atoms with Crippen LogP contribution in [0.1, 0.15) is 5.56 Å². The molecule has 2 aromatic rings. The summed E-state index contributed by atoms with van der Waals surface area (Å²) in [4.78, 5) is 2.90. The van der Waals surface area contributed by atoms with Crippen LogP contribution < -0.4 is 0 Å². The van der Waals surface area contributed by atoms with Gasteiger partial charge in [-0.25, -0.2) is 0 Å². The number of benzene rings is 1. The van der Waals surface area contributed by atoms with Crippen molar-refractivity contribution >= 4 is 22.5 Å². The molecular weight excluding hydrogens is 200 g/mol. The number of nitrogens with zero attached hydrogens (tertiary/aromatic N) is 1. The molecule has 0 atom stereocenters. The lowest BCUT2D eigenvalue weighted by molar-refractivity contribution is 0.480. The Kier molecular flexibility index (Phi) is 2.06. The van der Waals surface area contributed by atoms with Gasteiger partial charge in [0, 0.05) is 11.6 Å². The van der Waals surface area contributed by atoms with E-state index in [2.05, 4.69) is 4.98 Å². The van der Waals surface area contributed by atoms with Crippen molar-refractivity contribution in [3.05, 3.63) is 28.9 Å². The third-order valence-corrected chi connectivity index (χ3v) is 2.43. The second kappa shape index (κ2) is 3.24. The van der Waals surface area contributed by atoms with Crippen molar-refractivity contribution in [3.63, 3.8) is 0 Å². The van der Waals surface area contributed by atoms with Gasteiger partial charge in [-0.15, -0.1) is 0 Å². The van der Waals surface area contributed by atoms with Crippen LogP contribution in [0.4, 0.5) is 0 Å². The van der Waals surface area contributed by atoms with E-state index in [1.807, 2.05) is 6.07 Å². The Morgan fingerprint density at radius 1 is 1.50 bits per heavy atom. The van der Waals surface area contributed by atoms with Crippen LogP contribution in [0.25, 0.3) is 10.9 Å². The number of H-pyrrole nitrogens is 1. The molecule has 0 aliphatic heterocycles. The Hall–Kier alpha value is -1.66. The van der Waals surface area contributed by atoms with Crippen LogP contribution in [0.3, 0.4) is 0 Å². The molecule has 1 aromatic heterocycles. The molecule has 0 radical (unpaired) electrons. The SMILES string of the molecule is N#CCc1c[nH]c2c(O)ccc(Cl)c12. The summed E-state index contributed by atoms with van der Waals surface area (Å²) in [6, 6.07) is 5.19. The van der Waals surface area contributed by atoms with Gasteiger partial charge in [-0.05, 0) is 17.7 Å². The van der Waals surface area contributed by atoms with Crippen LogP contribution in [-0.4, -0.2) is 10.1 Å². The molecule has 0 unspecified atom stereocenters. The van der Waals surface area contributed by atoms with Gasteiger partial charge in [0.25, 0.3) is 0 Å². The number of hydrogen-bond acceptors (Lipinski definition) is 2. The van der Waals surface area contributed by atoms with Crippen LogP contribution in [-0.2, 0) is 6.42 Å². The molecule has 3 nitrogen and oxygen atoms in total. The van der Waals surface area contributed by atoms with Gasteiger partial charge in [-0.3, -0.25) is 0 Å². The fraction of sp³-hybridized carbons (Fsp3) is 0.100. The number of halogens is 1. The van der Waals surface area contributed by atoms with Crippen molar-refractivity contribution in [2.75, 3.05) is 0 Å². The predicted molar refractivity (Wildman–Crippen MR) is 54.3 cm³/mol. The zero-order chi connectivity index (χ0) is 10.1. The lowest BCUT2D eigenvalue weighted by Gasteiger charge is -1.98. The highest BCUT2D eigenvalue weighted by molar-refractivity contribution is 6.36. The summed E-state index contributed by atoms with van der Waals surface area (Å²) in [6.45, 7) is 0. The summed E-state index contributed by atoms with van der Waals surface area (Å²) in [5.41, 5.74) is 1.39. The number of phenolic OH excluding ortho intramolecular Hbond substituents is 1. The number of aromatic amines is 1. The van der Waals surface area contributed by atoms with Gasteiger partial charge in [-0.2, -0.15) is 5.26 Å². The van der Waals surface area contributed by atoms with Gasteiger partial charge in [-0.1, -0.05) is 11.6 Å². The fourth-order valence-corrected chi connectivity index (χ4v) is 1.76. The number of nitriles is 1. The minimum absolute atomic E-state index is 0.147. The standard InChI is InChI=1S/C10H7ClN2O/c11-7-1-2-8(14)10-9(7)6(3-4-12)5-13-10/h1-2,5,13-14H,3H2. The van der Waals surface area contributed by atoms with Crippen molar-refractivity contribution in [3.8, 4) is 11.8 Å². The van der Waals surface area contributed by atoms with Gasteiger partial charge < -0.3 is 10.1 Å². The number of hydrogen-bond donors (Lipinski definition) is 2. The largest absolute Gasteiger partial charge is 0.506 e. The molecule has 0 bridgehead atoms. The lowest BCUT2D eigenvalue weighted by atomic mass is 10.1. The molecule has 1 heterocycles. The maximum atomic E-state index is 9.50. The molecule has 0 saturated heterocycles. The van der Waals surface area contributed by atoms with Crippen molar-refractivity contribution in [2.24, 2.45) is 0 Å². The highest BCUT2D eigenvalue weighted by Crippen LogP contribution is 2.32. The molecule has 70 valence electrons. The first-order chi connectivity index (χ1) is 6.74. The maximum Gasteiger partial charge on any atom is 0.139 e. The molecule has 4 heteroatoms. The van der Waals surface area contributed by atoms with Crippen LogP contribution in [0.2, 0.25) is 5.02 Å². The summed E-state index contributed by atoms with van der Waals surface area (Å²) >= 11 is 5.97. The zero-order valence-electron chi connectivity index (χ0n) is 7.21. The molecule has 0 aliphatic carbocycles. The number of aromatic hydroxyl groups is 1. The first-order valence-corrected chi connectivity index (χ1v) is 4.46. The van der Waals surface area contributed by atoms with E-state index < -0.39 is 0 Å². The number of rotatable bonds is 1. The molecule has 2 N–H and O–H groups in total. The van der Waals surface area contributed by atoms with Gasteiger partial charge in [0.15, 0.2) is 0 Å². The molecular formula is C10H7ClN2O. The summed E-state index contributed by atoms with van der Waals surface area (Å²) in [5, 5.41) is 19.4. The van der Waals surface area contributed by atoms with Crippen LogP contribution in [0.5, 0.6) is 5.75 Å². The van der Waals surface area contributed by atoms with E-state index in [0.717, 1.165) is 10.9 Å². The van der Waals surface area contributed by atoms with E-state index in [0.29, 0.717) is 10.5 Å². The number of phenols is 1. The molecule has 14 heavy (non-hydrogen) atoms. The lowest BCUT2D eigenvalue weighted by Crippen LogP contribution is -1.78. The van der Waals surface area contributed by atoms with E-state index in [9.17, 15) is 5.11 Å². The van der Waals surface area contributed by atoms with E-state index in [-0.39, 0.29) is 12.2 Å². The fourth-order valence-electron chi connectivity index (χ4n) is 1.48. The van der Waals surface area contributed by atoms with Gasteiger partial charge >= 0.3 is 0 Å². The third-order valence-electron chi connectivity index (χ3n) is 2.11. The summed E-state index contributed by atoms with van der Waals surface area (Å²) in [7, 11) is 0. The second-order valence-corrected chi connectivity index (χ2v) is 3.37. The van der Waals surface area contributed by atoms with Crippen molar-refractivity contribution in [2.45, 2.75) is 6.42 Å². The molecule has 1 aromatic carbocycles. The summed E-state index contributed by atoms with van der Waals surface area (Å²) in [6.07, 6.45) is 1.97. The van der Waals surface area contributed by atoms with E-state index in [1.165, 1.54) is 6.07 Å². The third kappa shape index (κ3) is 1.21. The van der Waals surface area contributed by atoms with Crippen molar-refractivity contribution in [1.82, 2.24) is 4.98 Å². The van der Waals surface area contributed by atoms with Crippen LogP contribution in [0.15, 0.2) is 18.3 Å². The van der Waals surface area contributed by atoms with Gasteiger partial charge in [0.05, 0.1) is 23.0 Å². The van der Waals surface area contributed by atoms with Gasteiger partial charge in [0.1, 0.15) is 5.75 Å². The summed E-state index contributed by atoms with van der Waals surface area (Å²) in [5.74, 6) is 0.147. The molecule has 0 amide bonds. The number of nitrogens with one attached hydrogen (secondary N) is 1. The molecule has 0 fully saturated rings. The molecule has 0 spiro atoms. The average molecular weight is 207 g/mol. The van der Waals surface area contributed by atoms with Crippen molar-refractivity contribution in [1.29, 1.82) is 5.26 Å². The Morgan fingerprint density at radius 2 is 2.29 bits per heavy atom. The second-order valence-electron chi connectivity index (χ2n) is 2.97. The van der Waals surface area contributed by atoms with Crippen LogP contribution in [0, 0.1) is 11.3 Å². The first-order valence-electron chi connectivity index (χ1n) is 4.08. The van der Waals surface area contributed by atoms with Crippen molar-refractivity contribution < 1.29 is 5.11 Å². The maximum absolute atomic E-state index is 9.50. The molecule has 0 aliphatic rings. The van der Waals surface area contributed by atoms with Crippen LogP contribution >= 0.6 is 11.6 Å². The highest BCUT2D eigenvalue weighted by Gasteiger charge is 2.10. The Morgan fingerprint density at radius 3 is 3.00 bits per heavy atom.